The Morgan fingerprint density at radius 3 is 2.52 bits per heavy atom. The number of amides is 1. The van der Waals surface area contributed by atoms with Gasteiger partial charge in [0.15, 0.2) is 17.2 Å². The van der Waals surface area contributed by atoms with Crippen molar-refractivity contribution in [2.75, 3.05) is 6.54 Å². The number of nitrogens with zero attached hydrogens (tertiary/aromatic N) is 1. The number of benzene rings is 2. The van der Waals surface area contributed by atoms with Gasteiger partial charge in [-0.25, -0.2) is 27.7 Å². The van der Waals surface area contributed by atoms with E-state index in [-0.39, 0.29) is 18.1 Å². The molecule has 0 saturated carbocycles. The molecule has 1 amide bonds. The molecule has 1 aliphatic rings. The lowest BCUT2D eigenvalue weighted by molar-refractivity contribution is -0.0518. The third kappa shape index (κ3) is 8.18. The highest BCUT2D eigenvalue weighted by Gasteiger charge is 2.42. The van der Waals surface area contributed by atoms with Crippen LogP contribution in [-0.2, 0) is 27.2 Å². The first-order valence-electron chi connectivity index (χ1n) is 12.6. The van der Waals surface area contributed by atoms with Crippen LogP contribution in [0.3, 0.4) is 0 Å². The van der Waals surface area contributed by atoms with Crippen molar-refractivity contribution >= 4 is 23.6 Å². The predicted octanol–water partition coefficient (Wildman–Crippen LogP) is 6.02. The van der Waals surface area contributed by atoms with Crippen molar-refractivity contribution < 1.29 is 37.0 Å². The van der Waals surface area contributed by atoms with Crippen LogP contribution in [0, 0.1) is 5.82 Å². The van der Waals surface area contributed by atoms with Gasteiger partial charge in [-0.05, 0) is 56.0 Å². The lowest BCUT2D eigenvalue weighted by atomic mass is 10.0. The molecule has 0 radical (unpaired) electrons. The smallest absolute Gasteiger partial charge is 0.441 e. The molecule has 4 rings (SSSR count). The summed E-state index contributed by atoms with van der Waals surface area (Å²) in [6, 6.07) is 12.7. The second kappa shape index (κ2) is 12.7. The number of nitrogens with one attached hydrogen (secondary N) is 2. The summed E-state index contributed by atoms with van der Waals surface area (Å²) in [5.41, 5.74) is 1.42. The molecule has 40 heavy (non-hydrogen) atoms. The van der Waals surface area contributed by atoms with Crippen molar-refractivity contribution in [1.29, 1.82) is 0 Å². The molecular formula is C28H30F3N3O5S. The molecular weight excluding hydrogens is 547 g/mol. The molecule has 214 valence electrons. The normalized spacial score (nSPS) is 18.9. The van der Waals surface area contributed by atoms with E-state index in [1.54, 1.807) is 26.8 Å². The minimum Gasteiger partial charge on any atom is -0.441 e. The van der Waals surface area contributed by atoms with Crippen molar-refractivity contribution in [3.63, 3.8) is 0 Å². The van der Waals surface area contributed by atoms with E-state index in [1.165, 1.54) is 24.4 Å². The minimum absolute atomic E-state index is 0.0469. The molecule has 2 heterocycles. The fourth-order valence-electron chi connectivity index (χ4n) is 4.18. The number of thiazole rings is 1. The van der Waals surface area contributed by atoms with Gasteiger partial charge in [-0.3, -0.25) is 0 Å². The van der Waals surface area contributed by atoms with E-state index in [0.717, 1.165) is 22.5 Å². The molecule has 0 spiro atoms. The fraction of sp³-hybridized carbons (Fsp3) is 0.393. The van der Waals surface area contributed by atoms with Gasteiger partial charge < -0.3 is 24.8 Å². The van der Waals surface area contributed by atoms with Gasteiger partial charge in [-0.15, -0.1) is 11.3 Å². The molecule has 2 N–H and O–H groups in total. The minimum atomic E-state index is -2.62. The maximum atomic E-state index is 13.5. The van der Waals surface area contributed by atoms with Crippen molar-refractivity contribution in [3.8, 4) is 10.4 Å². The van der Waals surface area contributed by atoms with E-state index < -0.39 is 48.3 Å². The van der Waals surface area contributed by atoms with Crippen LogP contribution in [0.1, 0.15) is 43.3 Å². The molecule has 8 nitrogen and oxygen atoms in total. The van der Waals surface area contributed by atoms with Crippen molar-refractivity contribution in [3.05, 3.63) is 76.7 Å². The number of aromatic nitrogens is 1. The highest BCUT2D eigenvalue weighted by Crippen LogP contribution is 2.31. The van der Waals surface area contributed by atoms with Crippen molar-refractivity contribution in [1.82, 2.24) is 15.6 Å². The molecule has 0 bridgehead atoms. The molecule has 0 unspecified atom stereocenters. The Morgan fingerprint density at radius 1 is 1.12 bits per heavy atom. The fourth-order valence-corrected chi connectivity index (χ4v) is 4.96. The first kappa shape index (κ1) is 29.3. The van der Waals surface area contributed by atoms with Crippen LogP contribution in [0.4, 0.5) is 22.8 Å². The zero-order chi connectivity index (χ0) is 28.9. The molecule has 1 saturated heterocycles. The number of carbonyl (C=O) groups excluding carboxylic acids is 2. The van der Waals surface area contributed by atoms with Crippen LogP contribution >= 0.6 is 11.3 Å². The van der Waals surface area contributed by atoms with Gasteiger partial charge >= 0.3 is 12.2 Å². The Morgan fingerprint density at radius 2 is 1.88 bits per heavy atom. The first-order valence-corrected chi connectivity index (χ1v) is 13.4. The van der Waals surface area contributed by atoms with Gasteiger partial charge in [-0.2, -0.15) is 0 Å². The van der Waals surface area contributed by atoms with E-state index >= 15 is 0 Å². The van der Waals surface area contributed by atoms with Crippen LogP contribution in [0.25, 0.3) is 10.4 Å². The second-order valence-electron chi connectivity index (χ2n) is 10.3. The summed E-state index contributed by atoms with van der Waals surface area (Å²) in [7, 11) is 0. The molecule has 3 atom stereocenters. The predicted molar refractivity (Wildman–Crippen MR) is 143 cm³/mol. The van der Waals surface area contributed by atoms with Gasteiger partial charge in [0.25, 0.3) is 6.43 Å². The number of alkyl carbamates (subject to hydrolysis) is 1. The molecule has 12 heteroatoms. The summed E-state index contributed by atoms with van der Waals surface area (Å²) in [5.74, 6) is -0.422. The molecule has 1 aliphatic heterocycles. The Bertz CT molecular complexity index is 1310. The third-order valence-corrected chi connectivity index (χ3v) is 7.01. The maximum absolute atomic E-state index is 13.5. The van der Waals surface area contributed by atoms with E-state index in [4.69, 9.17) is 14.2 Å². The van der Waals surface area contributed by atoms with Gasteiger partial charge in [0, 0.05) is 19.3 Å². The topological polar surface area (TPSA) is 98.8 Å². The summed E-state index contributed by atoms with van der Waals surface area (Å²) in [6.07, 6.45) is -4.09. The van der Waals surface area contributed by atoms with E-state index in [0.29, 0.717) is 16.9 Å². The quantitative estimate of drug-likeness (QED) is 0.316. The zero-order valence-electron chi connectivity index (χ0n) is 22.2. The number of alkyl halides is 2. The van der Waals surface area contributed by atoms with Gasteiger partial charge in [-0.1, -0.05) is 36.4 Å². The zero-order valence-corrected chi connectivity index (χ0v) is 23.0. The van der Waals surface area contributed by atoms with Crippen LogP contribution in [0.15, 0.2) is 54.7 Å². The SMILES string of the molecule is CC(C)(C)OC(=O)O[C@H]1CN[C@H](Cc2ccc(-c3cnc(C(F)F)s3)cc2)[C@@H]1OC(=O)NCc1cccc(F)c1. The van der Waals surface area contributed by atoms with Crippen LogP contribution in [0.5, 0.6) is 0 Å². The lowest BCUT2D eigenvalue weighted by Crippen LogP contribution is -2.43. The Labute approximate surface area is 233 Å². The Balaban J connectivity index is 1.43. The standard InChI is InChI=1S/C28H30F3N3O5S/c1-28(2,3)39-27(36)37-21-14-32-20(23(21)38-26(35)34-13-17-5-4-6-19(29)11-17)12-16-7-9-18(10-8-16)22-15-33-25(40-22)24(30)31/h4-11,15,20-21,23-24,32H,12-14H2,1-3H3,(H,34,35)/t20-,21+,23+/m1/s1. The number of hydrogen-bond acceptors (Lipinski definition) is 8. The maximum Gasteiger partial charge on any atom is 0.509 e. The Hall–Kier alpha value is -3.64. The van der Waals surface area contributed by atoms with Crippen LogP contribution < -0.4 is 10.6 Å². The Kier molecular flexibility index (Phi) is 9.31. The summed E-state index contributed by atoms with van der Waals surface area (Å²) < 4.78 is 55.7. The average Bonchev–Trinajstić information content (AvgIpc) is 3.51. The van der Waals surface area contributed by atoms with Gasteiger partial charge in [0.2, 0.25) is 0 Å². The van der Waals surface area contributed by atoms with E-state index in [9.17, 15) is 22.8 Å². The highest BCUT2D eigenvalue weighted by atomic mass is 32.1. The number of ether oxygens (including phenoxy) is 3. The lowest BCUT2D eigenvalue weighted by Gasteiger charge is -2.26. The molecule has 0 aliphatic carbocycles. The van der Waals surface area contributed by atoms with E-state index in [1.807, 2.05) is 24.3 Å². The highest BCUT2D eigenvalue weighted by molar-refractivity contribution is 7.15. The monoisotopic (exact) mass is 577 g/mol. The van der Waals surface area contributed by atoms with Crippen molar-refractivity contribution in [2.24, 2.45) is 0 Å². The van der Waals surface area contributed by atoms with E-state index in [2.05, 4.69) is 15.6 Å². The second-order valence-corrected chi connectivity index (χ2v) is 11.3. The first-order chi connectivity index (χ1) is 19.0. The average molecular weight is 578 g/mol. The number of rotatable bonds is 8. The van der Waals surface area contributed by atoms with Crippen LogP contribution in [-0.4, -0.2) is 47.6 Å². The van der Waals surface area contributed by atoms with Gasteiger partial charge in [0.05, 0.1) is 10.9 Å². The molecule has 3 aromatic rings. The molecule has 1 fully saturated rings. The number of hydrogen-bond donors (Lipinski definition) is 2. The van der Waals surface area contributed by atoms with Gasteiger partial charge in [0.1, 0.15) is 11.4 Å². The third-order valence-electron chi connectivity index (χ3n) is 5.95. The molecule has 1 aromatic heterocycles. The molecule has 2 aromatic carbocycles. The summed E-state index contributed by atoms with van der Waals surface area (Å²) in [6.45, 7) is 5.40. The number of carbonyl (C=O) groups is 2. The summed E-state index contributed by atoms with van der Waals surface area (Å²) >= 11 is 0.934. The van der Waals surface area contributed by atoms with Crippen LogP contribution in [0.2, 0.25) is 0 Å². The summed E-state index contributed by atoms with van der Waals surface area (Å²) in [4.78, 5) is 29.4. The largest absolute Gasteiger partial charge is 0.509 e. The van der Waals surface area contributed by atoms with Crippen molar-refractivity contribution in [2.45, 2.75) is 64.0 Å². The summed E-state index contributed by atoms with van der Waals surface area (Å²) in [5, 5.41) is 5.61. The number of halogens is 3.